The number of hydrogen-bond acceptors (Lipinski definition) is 7. The van der Waals surface area contributed by atoms with Crippen molar-refractivity contribution in [1.29, 1.82) is 0 Å². The van der Waals surface area contributed by atoms with E-state index in [2.05, 4.69) is 15.5 Å². The molecule has 0 aromatic carbocycles. The first-order chi connectivity index (χ1) is 9.10. The predicted octanol–water partition coefficient (Wildman–Crippen LogP) is -2.63. The lowest BCUT2D eigenvalue weighted by Crippen LogP contribution is -2.60. The van der Waals surface area contributed by atoms with E-state index in [1.54, 1.807) is 6.92 Å². The lowest BCUT2D eigenvalue weighted by atomic mass is 10.3. The third kappa shape index (κ3) is 6.13. The molecule has 0 amide bonds. The molecule has 0 spiro atoms. The Morgan fingerprint density at radius 1 is 1.26 bits per heavy atom. The van der Waals surface area contributed by atoms with Crippen LogP contribution in [0.3, 0.4) is 0 Å². The highest BCUT2D eigenvalue weighted by Crippen LogP contribution is 2.07. The van der Waals surface area contributed by atoms with Crippen LogP contribution in [0.5, 0.6) is 0 Å². The molecule has 1 saturated heterocycles. The lowest BCUT2D eigenvalue weighted by Gasteiger charge is -2.39. The Balaban J connectivity index is 2.41. The van der Waals surface area contributed by atoms with E-state index in [4.69, 9.17) is 11.5 Å². The summed E-state index contributed by atoms with van der Waals surface area (Å²) in [5.41, 5.74) is 11.1. The average molecular weight is 274 g/mol. The van der Waals surface area contributed by atoms with Crippen molar-refractivity contribution in [3.63, 3.8) is 0 Å². The second kappa shape index (κ2) is 8.80. The van der Waals surface area contributed by atoms with Crippen LogP contribution in [0.1, 0.15) is 6.92 Å². The molecule has 7 heteroatoms. The van der Waals surface area contributed by atoms with E-state index in [0.717, 1.165) is 39.3 Å². The Kier molecular flexibility index (Phi) is 7.77. The van der Waals surface area contributed by atoms with Crippen LogP contribution in [-0.2, 0) is 0 Å². The summed E-state index contributed by atoms with van der Waals surface area (Å²) in [6.45, 7) is 9.99. The van der Waals surface area contributed by atoms with Crippen LogP contribution in [0, 0.1) is 0 Å². The van der Waals surface area contributed by atoms with Crippen molar-refractivity contribution >= 4 is 0 Å². The zero-order valence-electron chi connectivity index (χ0n) is 12.1. The van der Waals surface area contributed by atoms with Crippen LogP contribution in [0.4, 0.5) is 0 Å². The summed E-state index contributed by atoms with van der Waals surface area (Å²) in [5, 5.41) is 16.8. The Bertz CT molecular complexity index is 232. The van der Waals surface area contributed by atoms with Gasteiger partial charge in [-0.25, -0.2) is 0 Å². The molecule has 0 aromatic rings. The Morgan fingerprint density at radius 3 is 2.53 bits per heavy atom. The van der Waals surface area contributed by atoms with E-state index in [9.17, 15) is 5.11 Å². The van der Waals surface area contributed by atoms with E-state index in [-0.39, 0.29) is 0 Å². The molecular formula is C12H30N6O. The maximum atomic E-state index is 10.4. The quantitative estimate of drug-likeness (QED) is 0.293. The van der Waals surface area contributed by atoms with Gasteiger partial charge in [0.1, 0.15) is 0 Å². The van der Waals surface area contributed by atoms with Gasteiger partial charge in [0, 0.05) is 65.4 Å². The topological polar surface area (TPSA) is 103 Å². The molecule has 1 atom stereocenters. The van der Waals surface area contributed by atoms with E-state index >= 15 is 0 Å². The number of nitrogens with two attached hydrogens (primary N) is 2. The number of hydrogen-bond donors (Lipinski definition) is 5. The SMILES string of the molecule is CC(O)(NCCN)N(CCN)CCN1CCNCC1. The standard InChI is InChI=1S/C12H30N6O/c1-12(19,16-4-2-13)18(7-3-14)11-10-17-8-5-15-6-9-17/h15-16,19H,2-11,13-14H2,1H3. The third-order valence-electron chi connectivity index (χ3n) is 3.51. The molecule has 1 fully saturated rings. The van der Waals surface area contributed by atoms with Crippen LogP contribution < -0.4 is 22.1 Å². The predicted molar refractivity (Wildman–Crippen MR) is 77.6 cm³/mol. The molecule has 1 heterocycles. The van der Waals surface area contributed by atoms with Crippen LogP contribution in [0.15, 0.2) is 0 Å². The number of nitrogens with zero attached hydrogens (tertiary/aromatic N) is 2. The Morgan fingerprint density at radius 2 is 1.95 bits per heavy atom. The minimum Gasteiger partial charge on any atom is -0.363 e. The zero-order valence-corrected chi connectivity index (χ0v) is 12.1. The smallest absolute Gasteiger partial charge is 0.171 e. The summed E-state index contributed by atoms with van der Waals surface area (Å²) in [5.74, 6) is -1.05. The number of piperazine rings is 1. The highest BCUT2D eigenvalue weighted by Gasteiger charge is 2.27. The van der Waals surface area contributed by atoms with Crippen LogP contribution in [0.2, 0.25) is 0 Å². The number of nitrogens with one attached hydrogen (secondary N) is 2. The van der Waals surface area contributed by atoms with Crippen molar-refractivity contribution in [2.75, 3.05) is 65.4 Å². The average Bonchev–Trinajstić information content (AvgIpc) is 2.42. The molecule has 1 aliphatic heterocycles. The van der Waals surface area contributed by atoms with Gasteiger partial charge in [-0.05, 0) is 6.92 Å². The molecule has 19 heavy (non-hydrogen) atoms. The molecule has 0 aliphatic carbocycles. The first kappa shape index (κ1) is 16.8. The maximum Gasteiger partial charge on any atom is 0.171 e. The molecule has 0 radical (unpaired) electrons. The van der Waals surface area contributed by atoms with Gasteiger partial charge in [0.25, 0.3) is 0 Å². The zero-order chi connectivity index (χ0) is 14.1. The molecule has 0 saturated carbocycles. The van der Waals surface area contributed by atoms with Crippen LogP contribution >= 0.6 is 0 Å². The second-order valence-corrected chi connectivity index (χ2v) is 5.10. The molecule has 0 aromatic heterocycles. The molecule has 7 N–H and O–H groups in total. The van der Waals surface area contributed by atoms with Gasteiger partial charge in [-0.15, -0.1) is 0 Å². The summed E-state index contributed by atoms with van der Waals surface area (Å²) in [4.78, 5) is 4.38. The normalized spacial score (nSPS) is 20.7. The van der Waals surface area contributed by atoms with Crippen molar-refractivity contribution < 1.29 is 5.11 Å². The van der Waals surface area contributed by atoms with Gasteiger partial charge in [-0.2, -0.15) is 0 Å². The largest absolute Gasteiger partial charge is 0.363 e. The fourth-order valence-corrected chi connectivity index (χ4v) is 2.32. The van der Waals surface area contributed by atoms with E-state index in [1.807, 2.05) is 4.90 Å². The number of aliphatic hydroxyl groups is 1. The summed E-state index contributed by atoms with van der Waals surface area (Å²) < 4.78 is 0. The molecule has 0 bridgehead atoms. The molecule has 7 nitrogen and oxygen atoms in total. The van der Waals surface area contributed by atoms with Crippen molar-refractivity contribution in [1.82, 2.24) is 20.4 Å². The first-order valence-corrected chi connectivity index (χ1v) is 7.16. The second-order valence-electron chi connectivity index (χ2n) is 5.10. The highest BCUT2D eigenvalue weighted by molar-refractivity contribution is 4.76. The van der Waals surface area contributed by atoms with Crippen LogP contribution in [0.25, 0.3) is 0 Å². The van der Waals surface area contributed by atoms with Gasteiger partial charge in [0.05, 0.1) is 0 Å². The van der Waals surface area contributed by atoms with Crippen molar-refractivity contribution in [3.8, 4) is 0 Å². The minimum absolute atomic E-state index is 0.504. The van der Waals surface area contributed by atoms with E-state index < -0.39 is 5.85 Å². The van der Waals surface area contributed by atoms with Gasteiger partial charge >= 0.3 is 0 Å². The van der Waals surface area contributed by atoms with Crippen molar-refractivity contribution in [2.45, 2.75) is 12.8 Å². The Labute approximate surface area is 116 Å². The van der Waals surface area contributed by atoms with Gasteiger partial charge in [0.2, 0.25) is 0 Å². The molecule has 1 unspecified atom stereocenters. The van der Waals surface area contributed by atoms with E-state index in [0.29, 0.717) is 26.2 Å². The first-order valence-electron chi connectivity index (χ1n) is 7.16. The van der Waals surface area contributed by atoms with Crippen molar-refractivity contribution in [2.24, 2.45) is 11.5 Å². The summed E-state index contributed by atoms with van der Waals surface area (Å²) in [7, 11) is 0. The van der Waals surface area contributed by atoms with Crippen LogP contribution in [-0.4, -0.2) is 86.2 Å². The van der Waals surface area contributed by atoms with Crippen molar-refractivity contribution in [3.05, 3.63) is 0 Å². The lowest BCUT2D eigenvalue weighted by molar-refractivity contribution is -0.120. The minimum atomic E-state index is -1.05. The molecular weight excluding hydrogens is 244 g/mol. The number of rotatable bonds is 9. The third-order valence-corrected chi connectivity index (χ3v) is 3.51. The summed E-state index contributed by atoms with van der Waals surface area (Å²) in [6.07, 6.45) is 0. The van der Waals surface area contributed by atoms with E-state index in [1.165, 1.54) is 0 Å². The highest BCUT2D eigenvalue weighted by atomic mass is 16.3. The fourth-order valence-electron chi connectivity index (χ4n) is 2.32. The summed E-state index contributed by atoms with van der Waals surface area (Å²) >= 11 is 0. The van der Waals surface area contributed by atoms with Gasteiger partial charge in [-0.3, -0.25) is 15.1 Å². The maximum absolute atomic E-state index is 10.4. The summed E-state index contributed by atoms with van der Waals surface area (Å²) in [6, 6.07) is 0. The van der Waals surface area contributed by atoms with Gasteiger partial charge < -0.3 is 21.9 Å². The molecule has 1 rings (SSSR count). The van der Waals surface area contributed by atoms with Gasteiger partial charge in [-0.1, -0.05) is 0 Å². The van der Waals surface area contributed by atoms with Gasteiger partial charge in [0.15, 0.2) is 5.85 Å². The Hall–Kier alpha value is -0.280. The monoisotopic (exact) mass is 274 g/mol. The fraction of sp³-hybridized carbons (Fsp3) is 1.00. The molecule has 1 aliphatic rings. The molecule has 114 valence electrons.